The standard InChI is InChI=1S/C20H23N5O3S2/c1-14-4-3-5-16(12-14)19-23-24-20(25(19)2)29-13-18(26)22-11-10-15-6-8-17(9-7-15)30(21,27)28/h3-9,12H,10-11,13H2,1-2H3,(H,22,26)(H2,21,27,28). The number of primary sulfonamides is 1. The Bertz CT molecular complexity index is 1140. The number of carbonyl (C=O) groups is 1. The number of nitrogens with one attached hydrogen (secondary N) is 1. The van der Waals surface area contributed by atoms with Gasteiger partial charge in [-0.05, 0) is 37.1 Å². The molecule has 3 aromatic rings. The summed E-state index contributed by atoms with van der Waals surface area (Å²) in [7, 11) is -1.82. The summed E-state index contributed by atoms with van der Waals surface area (Å²) in [5.74, 6) is 0.871. The molecule has 0 saturated carbocycles. The SMILES string of the molecule is Cc1cccc(-c2nnc(SCC(=O)NCCc3ccc(S(N)(=O)=O)cc3)n2C)c1. The third kappa shape index (κ3) is 5.68. The Kier molecular flexibility index (Phi) is 6.91. The van der Waals surface area contributed by atoms with Gasteiger partial charge in [-0.25, -0.2) is 13.6 Å². The van der Waals surface area contributed by atoms with E-state index in [2.05, 4.69) is 15.5 Å². The van der Waals surface area contributed by atoms with Crippen molar-refractivity contribution in [3.63, 3.8) is 0 Å². The zero-order valence-electron chi connectivity index (χ0n) is 16.7. The third-order valence-electron chi connectivity index (χ3n) is 4.43. The van der Waals surface area contributed by atoms with Crippen molar-refractivity contribution < 1.29 is 13.2 Å². The third-order valence-corrected chi connectivity index (χ3v) is 6.38. The van der Waals surface area contributed by atoms with Crippen LogP contribution in [-0.4, -0.2) is 41.4 Å². The molecule has 0 fully saturated rings. The van der Waals surface area contributed by atoms with Gasteiger partial charge in [-0.3, -0.25) is 4.79 Å². The molecule has 0 aliphatic heterocycles. The van der Waals surface area contributed by atoms with E-state index < -0.39 is 10.0 Å². The first kappa shape index (κ1) is 22.0. The van der Waals surface area contributed by atoms with Gasteiger partial charge in [0.2, 0.25) is 15.9 Å². The quantitative estimate of drug-likeness (QED) is 0.511. The van der Waals surface area contributed by atoms with Gasteiger partial charge in [0.15, 0.2) is 11.0 Å². The summed E-state index contributed by atoms with van der Waals surface area (Å²) in [5, 5.41) is 17.0. The number of amides is 1. The number of thioether (sulfide) groups is 1. The molecule has 10 heteroatoms. The number of hydrogen-bond acceptors (Lipinski definition) is 6. The number of sulfonamides is 1. The number of rotatable bonds is 8. The Hall–Kier alpha value is -2.69. The number of hydrogen-bond donors (Lipinski definition) is 2. The normalized spacial score (nSPS) is 11.4. The summed E-state index contributed by atoms with van der Waals surface area (Å²) in [6.45, 7) is 2.47. The van der Waals surface area contributed by atoms with Crippen molar-refractivity contribution in [2.45, 2.75) is 23.4 Å². The molecule has 158 valence electrons. The van der Waals surface area contributed by atoms with Crippen LogP contribution in [0.2, 0.25) is 0 Å². The first-order chi connectivity index (χ1) is 14.2. The molecule has 1 amide bonds. The van der Waals surface area contributed by atoms with Gasteiger partial charge >= 0.3 is 0 Å². The fourth-order valence-electron chi connectivity index (χ4n) is 2.85. The molecular formula is C20H23N5O3S2. The second-order valence-corrected chi connectivity index (χ2v) is 9.32. The van der Waals surface area contributed by atoms with Crippen LogP contribution >= 0.6 is 11.8 Å². The summed E-state index contributed by atoms with van der Waals surface area (Å²) < 4.78 is 24.4. The molecular weight excluding hydrogens is 422 g/mol. The van der Waals surface area contributed by atoms with Gasteiger partial charge in [-0.1, -0.05) is 47.7 Å². The lowest BCUT2D eigenvalue weighted by atomic mass is 10.1. The molecule has 0 bridgehead atoms. The fraction of sp³-hybridized carbons (Fsp3) is 0.250. The summed E-state index contributed by atoms with van der Waals surface area (Å²) >= 11 is 1.32. The summed E-state index contributed by atoms with van der Waals surface area (Å²) in [6, 6.07) is 14.3. The molecule has 3 N–H and O–H groups in total. The van der Waals surface area contributed by atoms with Crippen LogP contribution in [0.5, 0.6) is 0 Å². The second-order valence-electron chi connectivity index (χ2n) is 6.81. The molecule has 2 aromatic carbocycles. The van der Waals surface area contributed by atoms with E-state index in [-0.39, 0.29) is 16.6 Å². The van der Waals surface area contributed by atoms with Crippen molar-refractivity contribution in [3.8, 4) is 11.4 Å². The summed E-state index contributed by atoms with van der Waals surface area (Å²) in [5.41, 5.74) is 3.03. The first-order valence-corrected chi connectivity index (χ1v) is 11.7. The molecule has 8 nitrogen and oxygen atoms in total. The maximum Gasteiger partial charge on any atom is 0.238 e. The molecule has 0 atom stereocenters. The molecule has 1 aromatic heterocycles. The predicted octanol–water partition coefficient (Wildman–Crippen LogP) is 1.89. The molecule has 3 rings (SSSR count). The Morgan fingerprint density at radius 1 is 1.17 bits per heavy atom. The highest BCUT2D eigenvalue weighted by Gasteiger charge is 2.13. The molecule has 0 saturated heterocycles. The Morgan fingerprint density at radius 3 is 2.57 bits per heavy atom. The van der Waals surface area contributed by atoms with E-state index in [0.717, 1.165) is 22.5 Å². The highest BCUT2D eigenvalue weighted by molar-refractivity contribution is 7.99. The van der Waals surface area contributed by atoms with Crippen LogP contribution in [0.25, 0.3) is 11.4 Å². The molecule has 0 radical (unpaired) electrons. The summed E-state index contributed by atoms with van der Waals surface area (Å²) in [4.78, 5) is 12.2. The maximum atomic E-state index is 12.1. The highest BCUT2D eigenvalue weighted by Crippen LogP contribution is 2.23. The zero-order chi connectivity index (χ0) is 21.7. The maximum absolute atomic E-state index is 12.1. The van der Waals surface area contributed by atoms with Gasteiger partial charge in [-0.2, -0.15) is 0 Å². The fourth-order valence-corrected chi connectivity index (χ4v) is 4.11. The molecule has 0 aliphatic carbocycles. The van der Waals surface area contributed by atoms with Crippen molar-refractivity contribution in [2.24, 2.45) is 12.2 Å². The average molecular weight is 446 g/mol. The number of benzene rings is 2. The largest absolute Gasteiger partial charge is 0.355 e. The van der Waals surface area contributed by atoms with Gasteiger partial charge in [0.05, 0.1) is 10.6 Å². The zero-order valence-corrected chi connectivity index (χ0v) is 18.3. The van der Waals surface area contributed by atoms with Crippen LogP contribution in [0.3, 0.4) is 0 Å². The lowest BCUT2D eigenvalue weighted by molar-refractivity contribution is -0.118. The van der Waals surface area contributed by atoms with E-state index in [9.17, 15) is 13.2 Å². The van der Waals surface area contributed by atoms with Crippen molar-refractivity contribution >= 4 is 27.7 Å². The first-order valence-electron chi connectivity index (χ1n) is 9.22. The number of nitrogens with two attached hydrogens (primary N) is 1. The minimum Gasteiger partial charge on any atom is -0.355 e. The highest BCUT2D eigenvalue weighted by atomic mass is 32.2. The van der Waals surface area contributed by atoms with Gasteiger partial charge in [-0.15, -0.1) is 10.2 Å². The molecule has 30 heavy (non-hydrogen) atoms. The number of nitrogens with zero attached hydrogens (tertiary/aromatic N) is 3. The Morgan fingerprint density at radius 2 is 1.90 bits per heavy atom. The van der Waals surface area contributed by atoms with Crippen LogP contribution < -0.4 is 10.5 Å². The monoisotopic (exact) mass is 445 g/mol. The van der Waals surface area contributed by atoms with E-state index in [4.69, 9.17) is 5.14 Å². The van der Waals surface area contributed by atoms with Crippen LogP contribution in [-0.2, 0) is 28.3 Å². The molecule has 0 spiro atoms. The smallest absolute Gasteiger partial charge is 0.238 e. The molecule has 1 heterocycles. The number of carbonyl (C=O) groups excluding carboxylic acids is 1. The topological polar surface area (TPSA) is 120 Å². The van der Waals surface area contributed by atoms with Gasteiger partial charge in [0.25, 0.3) is 0 Å². The lowest BCUT2D eigenvalue weighted by Gasteiger charge is -2.07. The van der Waals surface area contributed by atoms with Crippen molar-refractivity contribution in [3.05, 3.63) is 59.7 Å². The van der Waals surface area contributed by atoms with Crippen molar-refractivity contribution in [1.82, 2.24) is 20.1 Å². The number of aryl methyl sites for hydroxylation is 1. The molecule has 0 unspecified atom stereocenters. The van der Waals surface area contributed by atoms with Gasteiger partial charge in [0.1, 0.15) is 0 Å². The van der Waals surface area contributed by atoms with E-state index in [1.807, 2.05) is 42.8 Å². The minimum atomic E-state index is -3.69. The second kappa shape index (κ2) is 9.41. The van der Waals surface area contributed by atoms with Gasteiger partial charge < -0.3 is 9.88 Å². The predicted molar refractivity (Wildman–Crippen MR) is 116 cm³/mol. The van der Waals surface area contributed by atoms with Crippen LogP contribution in [0.1, 0.15) is 11.1 Å². The summed E-state index contributed by atoms with van der Waals surface area (Å²) in [6.07, 6.45) is 0.586. The van der Waals surface area contributed by atoms with Crippen LogP contribution in [0, 0.1) is 6.92 Å². The van der Waals surface area contributed by atoms with Crippen LogP contribution in [0.4, 0.5) is 0 Å². The average Bonchev–Trinajstić information content (AvgIpc) is 3.06. The lowest BCUT2D eigenvalue weighted by Crippen LogP contribution is -2.27. The molecule has 0 aliphatic rings. The van der Waals surface area contributed by atoms with E-state index >= 15 is 0 Å². The Labute approximate surface area is 179 Å². The van der Waals surface area contributed by atoms with Crippen molar-refractivity contribution in [2.75, 3.05) is 12.3 Å². The van der Waals surface area contributed by atoms with E-state index in [1.54, 1.807) is 12.1 Å². The van der Waals surface area contributed by atoms with E-state index in [1.165, 1.54) is 23.9 Å². The number of aromatic nitrogens is 3. The van der Waals surface area contributed by atoms with Gasteiger partial charge in [0, 0.05) is 19.2 Å². The van der Waals surface area contributed by atoms with Crippen LogP contribution in [0.15, 0.2) is 58.6 Å². The Balaban J connectivity index is 1.48. The van der Waals surface area contributed by atoms with Crippen molar-refractivity contribution in [1.29, 1.82) is 0 Å². The van der Waals surface area contributed by atoms with E-state index in [0.29, 0.717) is 18.1 Å². The minimum absolute atomic E-state index is 0.0698.